The fourth-order valence-electron chi connectivity index (χ4n) is 3.44. The van der Waals surface area contributed by atoms with Gasteiger partial charge in [-0.3, -0.25) is 4.79 Å². The Labute approximate surface area is 163 Å². The van der Waals surface area contributed by atoms with Gasteiger partial charge in [0.2, 0.25) is 11.8 Å². The highest BCUT2D eigenvalue weighted by Gasteiger charge is 2.19. The zero-order chi connectivity index (χ0) is 19.3. The molecule has 0 aliphatic carbocycles. The van der Waals surface area contributed by atoms with Gasteiger partial charge < -0.3 is 14.6 Å². The van der Waals surface area contributed by atoms with E-state index in [2.05, 4.69) is 39.1 Å². The van der Waals surface area contributed by atoms with Crippen LogP contribution in [0.15, 0.2) is 85.3 Å². The van der Waals surface area contributed by atoms with E-state index in [9.17, 15) is 4.79 Å². The van der Waals surface area contributed by atoms with Crippen LogP contribution in [0, 0.1) is 0 Å². The first-order valence-electron chi connectivity index (χ1n) is 9.14. The number of hydrogen-bond donors (Lipinski definition) is 1. The number of carbonyl (C=O) groups excluding carboxylic acids is 1. The van der Waals surface area contributed by atoms with Gasteiger partial charge in [0.1, 0.15) is 0 Å². The van der Waals surface area contributed by atoms with Gasteiger partial charge in [-0.1, -0.05) is 42.5 Å². The molecule has 2 aromatic carbocycles. The molecular formula is C23H21N3O2. The lowest BCUT2D eigenvalue weighted by molar-refractivity contribution is -0.116. The Balaban J connectivity index is 1.62. The van der Waals surface area contributed by atoms with Crippen LogP contribution in [0.25, 0.3) is 10.8 Å². The van der Waals surface area contributed by atoms with E-state index in [-0.39, 0.29) is 11.9 Å². The maximum absolute atomic E-state index is 12.8. The molecule has 5 nitrogen and oxygen atoms in total. The molecule has 0 saturated carbocycles. The highest BCUT2D eigenvalue weighted by atomic mass is 16.5. The molecule has 0 aliphatic rings. The number of ether oxygens (including phenoxy) is 1. The molecule has 4 rings (SSSR count). The molecule has 1 atom stereocenters. The second-order valence-corrected chi connectivity index (χ2v) is 6.56. The summed E-state index contributed by atoms with van der Waals surface area (Å²) in [6, 6.07) is 21.8. The van der Waals surface area contributed by atoms with Gasteiger partial charge >= 0.3 is 0 Å². The standard InChI is InChI=1S/C23H21N3O2/c1-28-23-12-11-18(16-24-23)25-22(27)15-21(26-13-4-5-14-26)20-10-6-8-17-7-2-3-9-19(17)20/h2-14,16,21H,15H2,1H3,(H,25,27). The lowest BCUT2D eigenvalue weighted by atomic mass is 9.96. The number of aromatic nitrogens is 2. The van der Waals surface area contributed by atoms with Gasteiger partial charge in [-0.25, -0.2) is 4.98 Å². The summed E-state index contributed by atoms with van der Waals surface area (Å²) in [5.41, 5.74) is 1.77. The topological polar surface area (TPSA) is 56.1 Å². The molecule has 0 spiro atoms. The summed E-state index contributed by atoms with van der Waals surface area (Å²) in [5.74, 6) is 0.442. The molecule has 140 valence electrons. The number of methoxy groups -OCH3 is 1. The van der Waals surface area contributed by atoms with Crippen molar-refractivity contribution in [3.05, 3.63) is 90.9 Å². The predicted octanol–water partition coefficient (Wildman–Crippen LogP) is 4.66. The fraction of sp³-hybridized carbons (Fsp3) is 0.130. The van der Waals surface area contributed by atoms with E-state index in [1.54, 1.807) is 25.4 Å². The number of hydrogen-bond acceptors (Lipinski definition) is 3. The van der Waals surface area contributed by atoms with Crippen LogP contribution >= 0.6 is 0 Å². The van der Waals surface area contributed by atoms with Crippen molar-refractivity contribution in [1.29, 1.82) is 0 Å². The SMILES string of the molecule is COc1ccc(NC(=O)CC(c2cccc3ccccc23)n2cccc2)cn1. The summed E-state index contributed by atoms with van der Waals surface area (Å²) in [4.78, 5) is 16.9. The lowest BCUT2D eigenvalue weighted by Crippen LogP contribution is -2.20. The van der Waals surface area contributed by atoms with Gasteiger partial charge in [0.05, 0.1) is 31.5 Å². The number of amides is 1. The van der Waals surface area contributed by atoms with Crippen molar-refractivity contribution in [1.82, 2.24) is 9.55 Å². The smallest absolute Gasteiger partial charge is 0.226 e. The summed E-state index contributed by atoms with van der Waals surface area (Å²) >= 11 is 0. The first-order valence-corrected chi connectivity index (χ1v) is 9.14. The molecule has 2 heterocycles. The van der Waals surface area contributed by atoms with Crippen LogP contribution in [0.3, 0.4) is 0 Å². The van der Waals surface area contributed by atoms with Gasteiger partial charge in [0.15, 0.2) is 0 Å². The quantitative estimate of drug-likeness (QED) is 0.536. The second-order valence-electron chi connectivity index (χ2n) is 6.56. The number of pyridine rings is 1. The molecule has 5 heteroatoms. The van der Waals surface area contributed by atoms with Crippen LogP contribution in [0.5, 0.6) is 5.88 Å². The number of benzene rings is 2. The van der Waals surface area contributed by atoms with Crippen molar-refractivity contribution >= 4 is 22.4 Å². The number of carbonyl (C=O) groups is 1. The summed E-state index contributed by atoms with van der Waals surface area (Å²) in [7, 11) is 1.56. The molecule has 2 aromatic heterocycles. The largest absolute Gasteiger partial charge is 0.481 e. The highest BCUT2D eigenvalue weighted by Crippen LogP contribution is 2.30. The minimum Gasteiger partial charge on any atom is -0.481 e. The van der Waals surface area contributed by atoms with Gasteiger partial charge in [-0.05, 0) is 34.5 Å². The van der Waals surface area contributed by atoms with E-state index in [1.807, 2.05) is 42.7 Å². The van der Waals surface area contributed by atoms with Crippen molar-refractivity contribution < 1.29 is 9.53 Å². The zero-order valence-electron chi connectivity index (χ0n) is 15.6. The van der Waals surface area contributed by atoms with Crippen LogP contribution in [0.1, 0.15) is 18.0 Å². The average Bonchev–Trinajstić information content (AvgIpc) is 3.27. The van der Waals surface area contributed by atoms with E-state index in [0.717, 1.165) is 16.3 Å². The summed E-state index contributed by atoms with van der Waals surface area (Å²) in [5, 5.41) is 5.25. The third-order valence-electron chi connectivity index (χ3n) is 4.78. The Morgan fingerprint density at radius 2 is 1.82 bits per heavy atom. The Morgan fingerprint density at radius 1 is 1.04 bits per heavy atom. The molecule has 0 aliphatic heterocycles. The first kappa shape index (κ1) is 17.8. The lowest BCUT2D eigenvalue weighted by Gasteiger charge is -2.21. The monoisotopic (exact) mass is 371 g/mol. The molecule has 28 heavy (non-hydrogen) atoms. The first-order chi connectivity index (χ1) is 13.7. The Kier molecular flexibility index (Phi) is 5.06. The minimum absolute atomic E-state index is 0.0707. The molecule has 1 amide bonds. The second kappa shape index (κ2) is 7.96. The number of fused-ring (bicyclic) bond motifs is 1. The molecule has 1 unspecified atom stereocenters. The normalized spacial score (nSPS) is 11.9. The van der Waals surface area contributed by atoms with Crippen LogP contribution in [-0.4, -0.2) is 22.6 Å². The molecule has 0 bridgehead atoms. The van der Waals surface area contributed by atoms with Gasteiger partial charge in [-0.2, -0.15) is 0 Å². The molecular weight excluding hydrogens is 350 g/mol. The van der Waals surface area contributed by atoms with Crippen LogP contribution in [-0.2, 0) is 4.79 Å². The third-order valence-corrected chi connectivity index (χ3v) is 4.78. The van der Waals surface area contributed by atoms with Crippen molar-refractivity contribution in [3.63, 3.8) is 0 Å². The average molecular weight is 371 g/mol. The molecule has 1 N–H and O–H groups in total. The van der Waals surface area contributed by atoms with Crippen molar-refractivity contribution in [3.8, 4) is 5.88 Å². The van der Waals surface area contributed by atoms with E-state index in [1.165, 1.54) is 0 Å². The number of anilines is 1. The zero-order valence-corrected chi connectivity index (χ0v) is 15.6. The molecule has 0 saturated heterocycles. The summed E-state index contributed by atoms with van der Waals surface area (Å²) in [6.07, 6.45) is 5.90. The van der Waals surface area contributed by atoms with Crippen LogP contribution < -0.4 is 10.1 Å². The van der Waals surface area contributed by atoms with Crippen molar-refractivity contribution in [2.24, 2.45) is 0 Å². The summed E-state index contributed by atoms with van der Waals surface area (Å²) in [6.45, 7) is 0. The molecule has 4 aromatic rings. The van der Waals surface area contributed by atoms with Gasteiger partial charge in [-0.15, -0.1) is 0 Å². The minimum atomic E-state index is -0.104. The van der Waals surface area contributed by atoms with Crippen LogP contribution in [0.4, 0.5) is 5.69 Å². The van der Waals surface area contributed by atoms with E-state index in [0.29, 0.717) is 18.0 Å². The van der Waals surface area contributed by atoms with Crippen molar-refractivity contribution in [2.75, 3.05) is 12.4 Å². The Morgan fingerprint density at radius 3 is 2.57 bits per heavy atom. The van der Waals surface area contributed by atoms with E-state index < -0.39 is 0 Å². The maximum Gasteiger partial charge on any atom is 0.226 e. The number of rotatable bonds is 6. The number of nitrogens with zero attached hydrogens (tertiary/aromatic N) is 2. The van der Waals surface area contributed by atoms with Crippen molar-refractivity contribution in [2.45, 2.75) is 12.5 Å². The Hall–Kier alpha value is -3.60. The maximum atomic E-state index is 12.8. The van der Waals surface area contributed by atoms with E-state index >= 15 is 0 Å². The Bertz CT molecular complexity index is 1070. The number of nitrogens with one attached hydrogen (secondary N) is 1. The van der Waals surface area contributed by atoms with Gasteiger partial charge in [0.25, 0.3) is 0 Å². The third kappa shape index (κ3) is 3.74. The summed E-state index contributed by atoms with van der Waals surface area (Å²) < 4.78 is 7.14. The van der Waals surface area contributed by atoms with Gasteiger partial charge in [0, 0.05) is 18.5 Å². The molecule has 0 fully saturated rings. The molecule has 0 radical (unpaired) electrons. The highest BCUT2D eigenvalue weighted by molar-refractivity contribution is 5.92. The van der Waals surface area contributed by atoms with Crippen LogP contribution in [0.2, 0.25) is 0 Å². The fourth-order valence-corrected chi connectivity index (χ4v) is 3.44. The predicted molar refractivity (Wildman–Crippen MR) is 111 cm³/mol. The van der Waals surface area contributed by atoms with E-state index in [4.69, 9.17) is 4.74 Å².